The van der Waals surface area contributed by atoms with Crippen LogP contribution in [0.5, 0.6) is 0 Å². The van der Waals surface area contributed by atoms with Gasteiger partial charge in [0.25, 0.3) is 5.91 Å². The van der Waals surface area contributed by atoms with E-state index >= 15 is 0 Å². The molecule has 0 spiro atoms. The fraction of sp³-hybridized carbons (Fsp3) is 0.444. The quantitative estimate of drug-likeness (QED) is 0.422. The Labute approximate surface area is 131 Å². The number of halogens is 1. The van der Waals surface area contributed by atoms with E-state index in [9.17, 15) is 9.18 Å². The number of carbonyl (C=O) groups is 1. The first-order chi connectivity index (χ1) is 10.7. The number of carbonyl (C=O) groups excluding carboxylic acids is 1. The van der Waals surface area contributed by atoms with Crippen molar-refractivity contribution in [1.82, 2.24) is 5.32 Å². The molecule has 0 fully saturated rings. The van der Waals surface area contributed by atoms with Gasteiger partial charge in [-0.3, -0.25) is 4.79 Å². The smallest absolute Gasteiger partial charge is 0.261 e. The molecule has 4 heteroatoms. The van der Waals surface area contributed by atoms with Gasteiger partial charge in [-0.2, -0.15) is 5.26 Å². The Morgan fingerprint density at radius 2 is 1.82 bits per heavy atom. The number of nitrogens with one attached hydrogen (secondary N) is 1. The topological polar surface area (TPSA) is 52.9 Å². The normalized spacial score (nSPS) is 11.0. The molecule has 1 aromatic carbocycles. The van der Waals surface area contributed by atoms with Crippen molar-refractivity contribution in [3.05, 3.63) is 41.2 Å². The van der Waals surface area contributed by atoms with Gasteiger partial charge in [0, 0.05) is 6.54 Å². The zero-order valence-electron chi connectivity index (χ0n) is 13.1. The summed E-state index contributed by atoms with van der Waals surface area (Å²) in [4.78, 5) is 11.9. The van der Waals surface area contributed by atoms with Crippen LogP contribution >= 0.6 is 0 Å². The summed E-state index contributed by atoms with van der Waals surface area (Å²) >= 11 is 0. The standard InChI is InChI=1S/C18H23FN2O/c1-2-3-4-5-6-7-12-21-18(22)16(14-20)13-15-8-10-17(19)11-9-15/h8-11,13H,2-7,12H2,1H3,(H,21,22)/b16-13-. The fourth-order valence-electron chi connectivity index (χ4n) is 2.08. The van der Waals surface area contributed by atoms with Crippen LogP contribution in [0.2, 0.25) is 0 Å². The molecule has 0 heterocycles. The number of benzene rings is 1. The first-order valence-electron chi connectivity index (χ1n) is 7.83. The van der Waals surface area contributed by atoms with Crippen LogP contribution in [0.3, 0.4) is 0 Å². The summed E-state index contributed by atoms with van der Waals surface area (Å²) in [7, 11) is 0. The van der Waals surface area contributed by atoms with E-state index in [0.29, 0.717) is 12.1 Å². The van der Waals surface area contributed by atoms with Crippen molar-refractivity contribution in [2.75, 3.05) is 6.54 Å². The van der Waals surface area contributed by atoms with Gasteiger partial charge in [0.05, 0.1) is 0 Å². The van der Waals surface area contributed by atoms with Crippen molar-refractivity contribution in [2.24, 2.45) is 0 Å². The first kappa shape index (κ1) is 17.9. The molecule has 1 aromatic rings. The van der Waals surface area contributed by atoms with Gasteiger partial charge in [-0.15, -0.1) is 0 Å². The molecule has 0 atom stereocenters. The lowest BCUT2D eigenvalue weighted by Crippen LogP contribution is -2.25. The summed E-state index contributed by atoms with van der Waals surface area (Å²) < 4.78 is 12.8. The third-order valence-corrected chi connectivity index (χ3v) is 3.36. The maximum absolute atomic E-state index is 12.8. The molecule has 0 unspecified atom stereocenters. The van der Waals surface area contributed by atoms with Gasteiger partial charge in [0.2, 0.25) is 0 Å². The highest BCUT2D eigenvalue weighted by molar-refractivity contribution is 6.01. The van der Waals surface area contributed by atoms with Crippen LogP contribution in [0.1, 0.15) is 51.0 Å². The molecule has 1 N–H and O–H groups in total. The molecule has 1 amide bonds. The Kier molecular flexibility index (Phi) is 8.59. The van der Waals surface area contributed by atoms with E-state index in [2.05, 4.69) is 12.2 Å². The minimum Gasteiger partial charge on any atom is -0.351 e. The number of unbranched alkanes of at least 4 members (excludes halogenated alkanes) is 5. The number of rotatable bonds is 9. The van der Waals surface area contributed by atoms with Gasteiger partial charge in [0.1, 0.15) is 17.5 Å². The fourth-order valence-corrected chi connectivity index (χ4v) is 2.08. The zero-order valence-corrected chi connectivity index (χ0v) is 13.1. The van der Waals surface area contributed by atoms with Gasteiger partial charge in [-0.1, -0.05) is 51.2 Å². The van der Waals surface area contributed by atoms with Gasteiger partial charge >= 0.3 is 0 Å². The highest BCUT2D eigenvalue weighted by Gasteiger charge is 2.08. The molecule has 3 nitrogen and oxygen atoms in total. The van der Waals surface area contributed by atoms with E-state index in [1.54, 1.807) is 0 Å². The number of hydrogen-bond acceptors (Lipinski definition) is 2. The Bertz CT molecular complexity index is 529. The second-order valence-corrected chi connectivity index (χ2v) is 5.25. The van der Waals surface area contributed by atoms with Crippen LogP contribution in [-0.2, 0) is 4.79 Å². The highest BCUT2D eigenvalue weighted by atomic mass is 19.1. The number of nitriles is 1. The Balaban J connectivity index is 2.38. The minimum absolute atomic E-state index is 0.0394. The molecule has 1 rings (SSSR count). The van der Waals surface area contributed by atoms with E-state index in [1.165, 1.54) is 56.0 Å². The summed E-state index contributed by atoms with van der Waals surface area (Å²) in [6.45, 7) is 2.75. The van der Waals surface area contributed by atoms with Gasteiger partial charge in [0.15, 0.2) is 0 Å². The molecule has 0 saturated carbocycles. The van der Waals surface area contributed by atoms with E-state index in [0.717, 1.165) is 12.8 Å². The van der Waals surface area contributed by atoms with Gasteiger partial charge in [-0.05, 0) is 30.2 Å². The predicted molar refractivity (Wildman–Crippen MR) is 86.4 cm³/mol. The summed E-state index contributed by atoms with van der Waals surface area (Å²) in [6, 6.07) is 7.56. The van der Waals surface area contributed by atoms with Gasteiger partial charge < -0.3 is 5.32 Å². The van der Waals surface area contributed by atoms with E-state index in [1.807, 2.05) is 6.07 Å². The second kappa shape index (κ2) is 10.6. The molecular formula is C18H23FN2O. The van der Waals surface area contributed by atoms with Crippen LogP contribution in [0, 0.1) is 17.1 Å². The molecule has 22 heavy (non-hydrogen) atoms. The predicted octanol–water partition coefficient (Wildman–Crippen LogP) is 4.21. The van der Waals surface area contributed by atoms with Crippen molar-refractivity contribution in [3.63, 3.8) is 0 Å². The zero-order chi connectivity index (χ0) is 16.2. The average Bonchev–Trinajstić information content (AvgIpc) is 2.53. The maximum atomic E-state index is 12.8. The van der Waals surface area contributed by atoms with Crippen LogP contribution in [0.15, 0.2) is 29.8 Å². The SMILES string of the molecule is CCCCCCCCNC(=O)/C(C#N)=C\c1ccc(F)cc1. The Morgan fingerprint density at radius 3 is 2.45 bits per heavy atom. The third kappa shape index (κ3) is 7.03. The number of nitrogens with zero attached hydrogens (tertiary/aromatic N) is 1. The van der Waals surface area contributed by atoms with Crippen molar-refractivity contribution in [1.29, 1.82) is 5.26 Å². The van der Waals surface area contributed by atoms with Crippen molar-refractivity contribution < 1.29 is 9.18 Å². The van der Waals surface area contributed by atoms with Crippen LogP contribution in [0.25, 0.3) is 6.08 Å². The molecule has 0 aromatic heterocycles. The summed E-state index contributed by atoms with van der Waals surface area (Å²) in [5, 5.41) is 11.8. The summed E-state index contributed by atoms with van der Waals surface area (Å²) in [5.41, 5.74) is 0.672. The monoisotopic (exact) mass is 302 g/mol. The van der Waals surface area contributed by atoms with Crippen LogP contribution in [0.4, 0.5) is 4.39 Å². The molecular weight excluding hydrogens is 279 g/mol. The average molecular weight is 302 g/mol. The largest absolute Gasteiger partial charge is 0.351 e. The second-order valence-electron chi connectivity index (χ2n) is 5.25. The van der Waals surface area contributed by atoms with E-state index in [4.69, 9.17) is 5.26 Å². The number of hydrogen-bond donors (Lipinski definition) is 1. The maximum Gasteiger partial charge on any atom is 0.261 e. The highest BCUT2D eigenvalue weighted by Crippen LogP contribution is 2.08. The van der Waals surface area contributed by atoms with Gasteiger partial charge in [-0.25, -0.2) is 4.39 Å². The first-order valence-corrected chi connectivity index (χ1v) is 7.83. The molecule has 0 radical (unpaired) electrons. The molecule has 0 aliphatic heterocycles. The van der Waals surface area contributed by atoms with Crippen LogP contribution in [-0.4, -0.2) is 12.5 Å². The Morgan fingerprint density at radius 1 is 1.18 bits per heavy atom. The van der Waals surface area contributed by atoms with E-state index in [-0.39, 0.29) is 17.3 Å². The number of amides is 1. The molecule has 0 saturated heterocycles. The molecule has 0 aliphatic rings. The lowest BCUT2D eigenvalue weighted by atomic mass is 10.1. The van der Waals surface area contributed by atoms with Crippen molar-refractivity contribution >= 4 is 12.0 Å². The summed E-state index contributed by atoms with van der Waals surface area (Å²) in [6.07, 6.45) is 8.37. The lowest BCUT2D eigenvalue weighted by molar-refractivity contribution is -0.117. The molecule has 0 bridgehead atoms. The minimum atomic E-state index is -0.375. The van der Waals surface area contributed by atoms with E-state index < -0.39 is 0 Å². The van der Waals surface area contributed by atoms with Crippen LogP contribution < -0.4 is 5.32 Å². The molecule has 0 aliphatic carbocycles. The molecule has 118 valence electrons. The summed E-state index contributed by atoms with van der Waals surface area (Å²) in [5.74, 6) is -0.719. The lowest BCUT2D eigenvalue weighted by Gasteiger charge is -2.04. The van der Waals surface area contributed by atoms with Crippen molar-refractivity contribution in [2.45, 2.75) is 45.4 Å². The Hall–Kier alpha value is -2.15. The third-order valence-electron chi connectivity index (χ3n) is 3.36. The van der Waals surface area contributed by atoms with Crippen molar-refractivity contribution in [3.8, 4) is 6.07 Å².